The number of halogens is 1. The number of hydrogen-bond donors (Lipinski definition) is 3. The minimum Gasteiger partial charge on any atom is -0.338 e. The fraction of sp³-hybridized carbons (Fsp3) is 0.333. The fourth-order valence-corrected chi connectivity index (χ4v) is 4.84. The van der Waals surface area contributed by atoms with Crippen LogP contribution in [0.15, 0.2) is 42.5 Å². The van der Waals surface area contributed by atoms with Gasteiger partial charge in [0.15, 0.2) is 0 Å². The van der Waals surface area contributed by atoms with Crippen molar-refractivity contribution >= 4 is 34.6 Å². The number of amides is 4. The summed E-state index contributed by atoms with van der Waals surface area (Å²) in [7, 11) is 0. The Labute approximate surface area is 189 Å². The lowest BCUT2D eigenvalue weighted by atomic mass is 9.73. The quantitative estimate of drug-likeness (QED) is 0.527. The molecule has 1 aromatic heterocycles. The number of carbonyl (C=O) groups is 3. The number of nitrogens with zero attached hydrogens (tertiary/aromatic N) is 2. The third kappa shape index (κ3) is 3.73. The van der Waals surface area contributed by atoms with Crippen LogP contribution >= 0.6 is 0 Å². The third-order valence-electron chi connectivity index (χ3n) is 6.67. The monoisotopic (exact) mass is 449 g/mol. The van der Waals surface area contributed by atoms with Gasteiger partial charge in [-0.1, -0.05) is 31.9 Å². The van der Waals surface area contributed by atoms with E-state index in [0.717, 1.165) is 24.2 Å². The van der Waals surface area contributed by atoms with Crippen molar-refractivity contribution in [3.05, 3.63) is 48.3 Å². The van der Waals surface area contributed by atoms with E-state index in [4.69, 9.17) is 0 Å². The molecule has 1 saturated carbocycles. The number of imide groups is 1. The first-order chi connectivity index (χ1) is 15.9. The van der Waals surface area contributed by atoms with Gasteiger partial charge < -0.3 is 15.6 Å². The third-order valence-corrected chi connectivity index (χ3v) is 6.67. The van der Waals surface area contributed by atoms with E-state index in [1.54, 1.807) is 30.3 Å². The van der Waals surface area contributed by atoms with E-state index in [1.165, 1.54) is 12.1 Å². The molecule has 9 heteroatoms. The molecular weight excluding hydrogens is 425 g/mol. The molecule has 1 spiro atoms. The summed E-state index contributed by atoms with van der Waals surface area (Å²) in [6.45, 7) is 1.62. The average Bonchev–Trinajstić information content (AvgIpc) is 3.31. The summed E-state index contributed by atoms with van der Waals surface area (Å²) in [5.41, 5.74) is 1.54. The van der Waals surface area contributed by atoms with Crippen molar-refractivity contribution in [3.63, 3.8) is 0 Å². The molecule has 2 aliphatic rings. The van der Waals surface area contributed by atoms with Crippen molar-refractivity contribution in [2.45, 2.75) is 38.1 Å². The summed E-state index contributed by atoms with van der Waals surface area (Å²) >= 11 is 0. The van der Waals surface area contributed by atoms with Crippen molar-refractivity contribution in [2.24, 2.45) is 5.92 Å². The molecular formula is C24H24FN5O3. The van der Waals surface area contributed by atoms with Crippen LogP contribution in [0.3, 0.4) is 0 Å². The highest BCUT2D eigenvalue weighted by molar-refractivity contribution is 6.10. The van der Waals surface area contributed by atoms with E-state index in [1.807, 2.05) is 6.92 Å². The molecule has 2 aromatic carbocycles. The van der Waals surface area contributed by atoms with Gasteiger partial charge in [0, 0.05) is 11.3 Å². The number of rotatable bonds is 4. The Bertz CT molecular complexity index is 1270. The summed E-state index contributed by atoms with van der Waals surface area (Å²) in [6.07, 6.45) is 3.37. The molecule has 1 saturated heterocycles. The summed E-state index contributed by atoms with van der Waals surface area (Å²) in [4.78, 5) is 46.8. The summed E-state index contributed by atoms with van der Waals surface area (Å²) in [6, 6.07) is 10.7. The average molecular weight is 449 g/mol. The van der Waals surface area contributed by atoms with Crippen molar-refractivity contribution < 1.29 is 18.8 Å². The summed E-state index contributed by atoms with van der Waals surface area (Å²) < 4.78 is 13.5. The smallest absolute Gasteiger partial charge is 0.325 e. The highest BCUT2D eigenvalue weighted by Crippen LogP contribution is 2.38. The van der Waals surface area contributed by atoms with E-state index in [0.29, 0.717) is 34.5 Å². The van der Waals surface area contributed by atoms with Gasteiger partial charge in [0.05, 0.1) is 11.0 Å². The molecule has 1 aliphatic heterocycles. The van der Waals surface area contributed by atoms with Gasteiger partial charge in [-0.15, -0.1) is 0 Å². The number of aromatic amines is 1. The number of aromatic nitrogens is 2. The van der Waals surface area contributed by atoms with Crippen LogP contribution in [0.1, 0.15) is 32.6 Å². The topological polar surface area (TPSA) is 107 Å². The minimum absolute atomic E-state index is 0.0332. The Morgan fingerprint density at radius 3 is 2.88 bits per heavy atom. The largest absolute Gasteiger partial charge is 0.338 e. The second kappa shape index (κ2) is 7.99. The van der Waals surface area contributed by atoms with Gasteiger partial charge in [-0.25, -0.2) is 14.2 Å². The maximum Gasteiger partial charge on any atom is 0.325 e. The Morgan fingerprint density at radius 1 is 1.24 bits per heavy atom. The molecule has 8 nitrogen and oxygen atoms in total. The molecule has 33 heavy (non-hydrogen) atoms. The SMILES string of the molecule is C[C@H]1CCCC[C@]12NC(=O)N(CC(=O)Nc1ccc3nc(-c4cccc(F)c4)[nH]c3c1)C2=O. The zero-order valence-corrected chi connectivity index (χ0v) is 18.2. The van der Waals surface area contributed by atoms with Crippen LogP contribution in [0.4, 0.5) is 14.9 Å². The van der Waals surface area contributed by atoms with E-state index in [2.05, 4.69) is 20.6 Å². The molecule has 2 fully saturated rings. The van der Waals surface area contributed by atoms with E-state index < -0.39 is 17.5 Å². The first-order valence-corrected chi connectivity index (χ1v) is 11.1. The normalized spacial score (nSPS) is 22.7. The van der Waals surface area contributed by atoms with E-state index in [9.17, 15) is 18.8 Å². The van der Waals surface area contributed by atoms with Crippen LogP contribution in [0.25, 0.3) is 22.4 Å². The van der Waals surface area contributed by atoms with Crippen LogP contribution in [0.2, 0.25) is 0 Å². The summed E-state index contributed by atoms with van der Waals surface area (Å²) in [5.74, 6) is -0.599. The maximum absolute atomic E-state index is 13.5. The number of fused-ring (bicyclic) bond motifs is 1. The molecule has 2 atom stereocenters. The van der Waals surface area contributed by atoms with Crippen molar-refractivity contribution in [3.8, 4) is 11.4 Å². The Hall–Kier alpha value is -3.75. The molecule has 2 heterocycles. The standard InChI is InChI=1S/C24H24FN5O3/c1-14-5-2-3-10-24(14)22(32)30(23(33)29-24)13-20(31)26-17-8-9-18-19(12-17)28-21(27-18)15-6-4-7-16(25)11-15/h4,6-9,11-12,14H,2-3,5,10,13H2,1H3,(H,26,31)(H,27,28)(H,29,33)/t14-,24-/m0/s1. The molecule has 0 unspecified atom stereocenters. The molecule has 4 amide bonds. The number of carbonyl (C=O) groups excluding carboxylic acids is 3. The van der Waals surface area contributed by atoms with Crippen LogP contribution in [-0.2, 0) is 9.59 Å². The van der Waals surface area contributed by atoms with Crippen molar-refractivity contribution in [2.75, 3.05) is 11.9 Å². The molecule has 1 aliphatic carbocycles. The highest BCUT2D eigenvalue weighted by Gasteiger charge is 2.55. The van der Waals surface area contributed by atoms with Crippen LogP contribution < -0.4 is 10.6 Å². The number of urea groups is 1. The molecule has 0 bridgehead atoms. The first-order valence-electron chi connectivity index (χ1n) is 11.1. The van der Waals surface area contributed by atoms with Gasteiger partial charge in [0.25, 0.3) is 5.91 Å². The Balaban J connectivity index is 1.30. The van der Waals surface area contributed by atoms with Gasteiger partial charge in [-0.2, -0.15) is 0 Å². The number of nitrogens with one attached hydrogen (secondary N) is 3. The first kappa shape index (κ1) is 21.1. The zero-order valence-electron chi connectivity index (χ0n) is 18.2. The Kier molecular flexibility index (Phi) is 5.11. The fourth-order valence-electron chi connectivity index (χ4n) is 4.84. The molecule has 3 N–H and O–H groups in total. The number of H-pyrrole nitrogens is 1. The maximum atomic E-state index is 13.5. The number of benzene rings is 2. The van der Waals surface area contributed by atoms with E-state index >= 15 is 0 Å². The second-order valence-electron chi connectivity index (χ2n) is 8.82. The number of imidazole rings is 1. The lowest BCUT2D eigenvalue weighted by molar-refractivity contribution is -0.136. The predicted octanol–water partition coefficient (Wildman–Crippen LogP) is 3.81. The lowest BCUT2D eigenvalue weighted by Crippen LogP contribution is -2.54. The van der Waals surface area contributed by atoms with E-state index in [-0.39, 0.29) is 24.2 Å². The minimum atomic E-state index is -0.891. The van der Waals surface area contributed by atoms with Crippen LogP contribution in [0, 0.1) is 11.7 Å². The van der Waals surface area contributed by atoms with Crippen LogP contribution in [0.5, 0.6) is 0 Å². The molecule has 170 valence electrons. The van der Waals surface area contributed by atoms with Crippen molar-refractivity contribution in [1.82, 2.24) is 20.2 Å². The van der Waals surface area contributed by atoms with Crippen molar-refractivity contribution in [1.29, 1.82) is 0 Å². The molecule has 5 rings (SSSR count). The zero-order chi connectivity index (χ0) is 23.2. The molecule has 3 aromatic rings. The van der Waals surface area contributed by atoms with Gasteiger partial charge >= 0.3 is 6.03 Å². The van der Waals surface area contributed by atoms with Crippen LogP contribution in [-0.4, -0.2) is 44.8 Å². The van der Waals surface area contributed by atoms with Gasteiger partial charge in [-0.3, -0.25) is 14.5 Å². The number of hydrogen-bond acceptors (Lipinski definition) is 4. The van der Waals surface area contributed by atoms with Gasteiger partial charge in [0.1, 0.15) is 23.7 Å². The Morgan fingerprint density at radius 2 is 2.09 bits per heavy atom. The van der Waals surface area contributed by atoms with Gasteiger partial charge in [-0.05, 0) is 49.1 Å². The predicted molar refractivity (Wildman–Crippen MR) is 121 cm³/mol. The second-order valence-corrected chi connectivity index (χ2v) is 8.82. The lowest BCUT2D eigenvalue weighted by Gasteiger charge is -2.36. The number of anilines is 1. The summed E-state index contributed by atoms with van der Waals surface area (Å²) in [5, 5.41) is 5.59. The molecule has 0 radical (unpaired) electrons. The van der Waals surface area contributed by atoms with Gasteiger partial charge in [0.2, 0.25) is 5.91 Å². The highest BCUT2D eigenvalue weighted by atomic mass is 19.1.